The second kappa shape index (κ2) is 6.41. The number of carbonyl (C=O) groups is 1. The number of alkyl halides is 2. The van der Waals surface area contributed by atoms with Gasteiger partial charge < -0.3 is 15.8 Å². The molecule has 0 fully saturated rings. The van der Waals surface area contributed by atoms with Crippen molar-refractivity contribution in [3.63, 3.8) is 0 Å². The monoisotopic (exact) mass is 312 g/mol. The predicted molar refractivity (Wildman–Crippen MR) is 76.9 cm³/mol. The van der Waals surface area contributed by atoms with Gasteiger partial charge in [-0.15, -0.1) is 0 Å². The summed E-state index contributed by atoms with van der Waals surface area (Å²) in [7, 11) is 0. The summed E-state index contributed by atoms with van der Waals surface area (Å²) in [6.45, 7) is -2.95. The Kier molecular flexibility index (Phi) is 4.59. The highest BCUT2D eigenvalue weighted by atomic mass is 35.5. The molecule has 0 unspecified atom stereocenters. The summed E-state index contributed by atoms with van der Waals surface area (Å²) >= 11 is 5.78. The third kappa shape index (κ3) is 4.06. The zero-order chi connectivity index (χ0) is 15.4. The van der Waals surface area contributed by atoms with Gasteiger partial charge >= 0.3 is 6.61 Å². The largest absolute Gasteiger partial charge is 0.435 e. The van der Waals surface area contributed by atoms with Crippen molar-refractivity contribution in [2.24, 2.45) is 0 Å². The number of rotatable bonds is 4. The van der Waals surface area contributed by atoms with Gasteiger partial charge in [-0.1, -0.05) is 17.7 Å². The average Bonchev–Trinajstić information content (AvgIpc) is 2.42. The molecule has 0 aromatic heterocycles. The number of halogens is 3. The lowest BCUT2D eigenvalue weighted by Gasteiger charge is -2.09. The predicted octanol–water partition coefficient (Wildman–Crippen LogP) is 3.78. The van der Waals surface area contributed by atoms with Crippen molar-refractivity contribution in [1.29, 1.82) is 0 Å². The second-order valence-electron chi connectivity index (χ2n) is 4.10. The van der Waals surface area contributed by atoms with Crippen molar-refractivity contribution in [2.45, 2.75) is 6.61 Å². The number of hydrogen-bond donors (Lipinski definition) is 2. The molecule has 0 heterocycles. The number of hydrogen-bond acceptors (Lipinski definition) is 3. The third-order valence-corrected chi connectivity index (χ3v) is 2.92. The maximum atomic E-state index is 12.1. The molecule has 0 spiro atoms. The van der Waals surface area contributed by atoms with Gasteiger partial charge in [0, 0.05) is 11.3 Å². The van der Waals surface area contributed by atoms with E-state index in [4.69, 9.17) is 17.3 Å². The molecule has 2 aromatic rings. The molecule has 1 amide bonds. The van der Waals surface area contributed by atoms with Gasteiger partial charge in [-0.2, -0.15) is 8.78 Å². The number of nitrogens with two attached hydrogens (primary N) is 1. The van der Waals surface area contributed by atoms with Crippen LogP contribution in [0.25, 0.3) is 0 Å². The molecule has 2 aromatic carbocycles. The van der Waals surface area contributed by atoms with Gasteiger partial charge in [0.2, 0.25) is 0 Å². The minimum Gasteiger partial charge on any atom is -0.435 e. The summed E-state index contributed by atoms with van der Waals surface area (Å²) < 4.78 is 28.5. The first-order valence-corrected chi connectivity index (χ1v) is 6.25. The first-order valence-electron chi connectivity index (χ1n) is 5.87. The van der Waals surface area contributed by atoms with Gasteiger partial charge in [0.05, 0.1) is 10.7 Å². The van der Waals surface area contributed by atoms with Crippen LogP contribution in [0.3, 0.4) is 0 Å². The van der Waals surface area contributed by atoms with Gasteiger partial charge in [-0.3, -0.25) is 4.79 Å². The maximum Gasteiger partial charge on any atom is 0.387 e. The minimum absolute atomic E-state index is 0.0896. The maximum absolute atomic E-state index is 12.1. The number of amides is 1. The lowest BCUT2D eigenvalue weighted by Crippen LogP contribution is -2.12. The topological polar surface area (TPSA) is 64.3 Å². The quantitative estimate of drug-likeness (QED) is 0.845. The summed E-state index contributed by atoms with van der Waals surface area (Å²) in [5.74, 6) is -0.565. The smallest absolute Gasteiger partial charge is 0.387 e. The van der Waals surface area contributed by atoms with E-state index in [-0.39, 0.29) is 11.3 Å². The number of carbonyl (C=O) groups excluding carboxylic acids is 1. The van der Waals surface area contributed by atoms with Crippen LogP contribution >= 0.6 is 11.6 Å². The number of nitrogens with one attached hydrogen (secondary N) is 1. The zero-order valence-electron chi connectivity index (χ0n) is 10.6. The molecule has 0 aliphatic rings. The van der Waals surface area contributed by atoms with Crippen LogP contribution in [0.5, 0.6) is 5.75 Å². The Balaban J connectivity index is 2.14. The van der Waals surface area contributed by atoms with E-state index in [1.807, 2.05) is 0 Å². The number of ether oxygens (including phenoxy) is 1. The number of nitrogen functional groups attached to an aromatic ring is 1. The van der Waals surface area contributed by atoms with Gasteiger partial charge in [0.1, 0.15) is 5.75 Å². The fourth-order valence-electron chi connectivity index (χ4n) is 1.64. The number of anilines is 2. The van der Waals surface area contributed by atoms with Crippen molar-refractivity contribution in [3.8, 4) is 5.75 Å². The molecule has 0 radical (unpaired) electrons. The van der Waals surface area contributed by atoms with Crippen LogP contribution in [0.2, 0.25) is 5.02 Å². The summed E-state index contributed by atoms with van der Waals surface area (Å²) in [4.78, 5) is 12.0. The van der Waals surface area contributed by atoms with Gasteiger partial charge in [-0.25, -0.2) is 0 Å². The highest BCUT2D eigenvalue weighted by molar-refractivity contribution is 6.33. The van der Waals surface area contributed by atoms with E-state index in [1.54, 1.807) is 12.1 Å². The Bertz CT molecular complexity index is 665. The van der Waals surface area contributed by atoms with E-state index in [0.717, 1.165) is 0 Å². The first kappa shape index (κ1) is 15.1. The Morgan fingerprint density at radius 2 is 2.00 bits per heavy atom. The van der Waals surface area contributed by atoms with Crippen molar-refractivity contribution in [1.82, 2.24) is 0 Å². The van der Waals surface area contributed by atoms with Crippen LogP contribution in [0, 0.1) is 0 Å². The van der Waals surface area contributed by atoms with Crippen LogP contribution in [-0.2, 0) is 0 Å². The summed E-state index contributed by atoms with van der Waals surface area (Å²) in [6.07, 6.45) is 0. The van der Waals surface area contributed by atoms with Crippen molar-refractivity contribution in [3.05, 3.63) is 53.1 Å². The molecule has 7 heteroatoms. The lowest BCUT2D eigenvalue weighted by atomic mass is 10.2. The fraction of sp³-hybridized carbons (Fsp3) is 0.0714. The van der Waals surface area contributed by atoms with E-state index < -0.39 is 12.5 Å². The number of benzene rings is 2. The van der Waals surface area contributed by atoms with Crippen LogP contribution in [-0.4, -0.2) is 12.5 Å². The standard InChI is InChI=1S/C14H11ClF2N2O2/c15-11-5-4-9(7-12(11)18)19-13(20)8-2-1-3-10(6-8)21-14(16)17/h1-7,14H,18H2,(H,19,20). The normalized spacial score (nSPS) is 10.5. The summed E-state index contributed by atoms with van der Waals surface area (Å²) in [5, 5.41) is 2.96. The molecule has 0 saturated carbocycles. The zero-order valence-corrected chi connectivity index (χ0v) is 11.4. The van der Waals surface area contributed by atoms with Crippen molar-refractivity contribution < 1.29 is 18.3 Å². The fourth-order valence-corrected chi connectivity index (χ4v) is 1.76. The summed E-state index contributed by atoms with van der Waals surface area (Å²) in [6, 6.07) is 10.1. The molecule has 3 N–H and O–H groups in total. The second-order valence-corrected chi connectivity index (χ2v) is 4.50. The first-order chi connectivity index (χ1) is 9.95. The van der Waals surface area contributed by atoms with E-state index in [9.17, 15) is 13.6 Å². The molecule has 0 aliphatic heterocycles. The Morgan fingerprint density at radius 3 is 2.67 bits per heavy atom. The Labute approximate surface area is 124 Å². The van der Waals surface area contributed by atoms with E-state index >= 15 is 0 Å². The molecule has 0 atom stereocenters. The molecule has 21 heavy (non-hydrogen) atoms. The van der Waals surface area contributed by atoms with Crippen LogP contribution in [0.15, 0.2) is 42.5 Å². The highest BCUT2D eigenvalue weighted by Gasteiger charge is 2.10. The SMILES string of the molecule is Nc1cc(NC(=O)c2cccc(OC(F)F)c2)ccc1Cl. The molecule has 2 rings (SSSR count). The van der Waals surface area contributed by atoms with E-state index in [2.05, 4.69) is 10.1 Å². The Hall–Kier alpha value is -2.34. The van der Waals surface area contributed by atoms with E-state index in [0.29, 0.717) is 16.4 Å². The van der Waals surface area contributed by atoms with Crippen molar-refractivity contribution in [2.75, 3.05) is 11.1 Å². The van der Waals surface area contributed by atoms with Crippen LogP contribution < -0.4 is 15.8 Å². The average molecular weight is 313 g/mol. The van der Waals surface area contributed by atoms with Gasteiger partial charge in [0.15, 0.2) is 0 Å². The molecular weight excluding hydrogens is 302 g/mol. The molecule has 4 nitrogen and oxygen atoms in total. The Morgan fingerprint density at radius 1 is 1.24 bits per heavy atom. The van der Waals surface area contributed by atoms with Crippen molar-refractivity contribution >= 4 is 28.9 Å². The highest BCUT2D eigenvalue weighted by Crippen LogP contribution is 2.23. The molecule has 0 saturated heterocycles. The lowest BCUT2D eigenvalue weighted by molar-refractivity contribution is -0.0498. The van der Waals surface area contributed by atoms with Crippen LogP contribution in [0.4, 0.5) is 20.2 Å². The van der Waals surface area contributed by atoms with Crippen LogP contribution in [0.1, 0.15) is 10.4 Å². The molecule has 0 bridgehead atoms. The minimum atomic E-state index is -2.95. The van der Waals surface area contributed by atoms with Gasteiger partial charge in [0.25, 0.3) is 5.91 Å². The molecular formula is C14H11ClF2N2O2. The molecule has 0 aliphatic carbocycles. The molecule has 110 valence electrons. The van der Waals surface area contributed by atoms with E-state index in [1.165, 1.54) is 30.3 Å². The summed E-state index contributed by atoms with van der Waals surface area (Å²) in [5.41, 5.74) is 6.58. The van der Waals surface area contributed by atoms with Gasteiger partial charge in [-0.05, 0) is 36.4 Å². The third-order valence-electron chi connectivity index (χ3n) is 2.58.